The molecule has 20 rings (SSSR count). The van der Waals surface area contributed by atoms with Crippen molar-refractivity contribution in [1.29, 1.82) is 0 Å². The third-order valence-corrected chi connectivity index (χ3v) is 28.7. The summed E-state index contributed by atoms with van der Waals surface area (Å²) in [5.74, 6) is -3.98. The fraction of sp³-hybridized carbons (Fsp3) is 0.443. The van der Waals surface area contributed by atoms with Crippen LogP contribution in [0.4, 0.5) is 17.6 Å². The quantitative estimate of drug-likeness (QED) is 0.00885. The monoisotopic (exact) mass is 1610 g/mol. The number of ketones is 2. The molecule has 14 unspecified atom stereocenters. The van der Waals surface area contributed by atoms with E-state index in [9.17, 15) is 66.4 Å². The first-order valence-corrected chi connectivity index (χ1v) is 39.3. The molecule has 12 bridgehead atoms. The molecule has 14 atom stereocenters. The summed E-state index contributed by atoms with van der Waals surface area (Å²) < 4.78 is 93.3. The van der Waals surface area contributed by atoms with Gasteiger partial charge in [-0.25, -0.2) is 9.59 Å². The third-order valence-electron chi connectivity index (χ3n) is 23.3. The number of benzene rings is 6. The molecule has 6 aromatic rings. The molecule has 2 saturated heterocycles. The molecule has 6 aromatic carbocycles. The number of rotatable bonds is 20. The van der Waals surface area contributed by atoms with Crippen molar-refractivity contribution in [2.24, 2.45) is 82.9 Å². The van der Waals surface area contributed by atoms with Crippen LogP contribution >= 0.6 is 24.1 Å². The zero-order chi connectivity index (χ0) is 73.8. The zero-order valence-corrected chi connectivity index (χ0v) is 64.0. The average Bonchev–Trinajstić information content (AvgIpc) is 1.61. The first-order chi connectivity index (χ1) is 51.1. The van der Waals surface area contributed by atoms with Crippen LogP contribution in [0.5, 0.6) is 11.5 Å². The van der Waals surface area contributed by atoms with E-state index in [-0.39, 0.29) is 202 Å². The number of hydrogen-bond acceptors (Lipinski definition) is 22. The molecule has 12 saturated carbocycles. The predicted octanol–water partition coefficient (Wildman–Crippen LogP) is 6.70. The molecule has 14 aliphatic rings. The fourth-order valence-electron chi connectivity index (χ4n) is 19.6. The molecule has 2 heterocycles. The number of fused-ring (bicyclic) bond motifs is 2. The average molecular weight is 1610 g/mol. The van der Waals surface area contributed by atoms with E-state index < -0.39 is 57.7 Å². The van der Waals surface area contributed by atoms with Gasteiger partial charge in [0.1, 0.15) is 70.6 Å². The van der Waals surface area contributed by atoms with Crippen LogP contribution in [-0.2, 0) is 97.8 Å². The molecule has 14 fully saturated rings. The first kappa shape index (κ1) is 82.1. The molecule has 572 valence electrons. The number of alkyl halides is 4. The van der Waals surface area contributed by atoms with Crippen molar-refractivity contribution in [3.63, 3.8) is 0 Å². The first-order valence-electron chi connectivity index (χ1n) is 35.4. The minimum atomic E-state index is -4.03. The van der Waals surface area contributed by atoms with Crippen LogP contribution in [0.1, 0.15) is 97.3 Å². The van der Waals surface area contributed by atoms with Crippen molar-refractivity contribution in [2.45, 2.75) is 161 Å². The summed E-state index contributed by atoms with van der Waals surface area (Å²) in [5.41, 5.74) is -1.96. The van der Waals surface area contributed by atoms with Gasteiger partial charge in [-0.15, -0.1) is 0 Å². The Hall–Kier alpha value is -6.35. The molecular weight excluding hydrogens is 1530 g/mol. The van der Waals surface area contributed by atoms with Gasteiger partial charge in [0.2, 0.25) is 0 Å². The topological polar surface area (TPSA) is 275 Å². The van der Waals surface area contributed by atoms with E-state index in [1.807, 2.05) is 72.8 Å². The Morgan fingerprint density at radius 1 is 0.431 bits per heavy atom. The van der Waals surface area contributed by atoms with E-state index in [2.05, 4.69) is 116 Å². The molecule has 2 aliphatic heterocycles. The van der Waals surface area contributed by atoms with Crippen molar-refractivity contribution < 1.29 is 156 Å². The summed E-state index contributed by atoms with van der Waals surface area (Å²) in [6.45, 7) is 0. The van der Waals surface area contributed by atoms with Gasteiger partial charge < -0.3 is 51.3 Å². The SMILES string of the molecule is C.O=C(Oc1ccc([S+](c2ccccc2)c2ccccc2)cc1)C1C2CC3OC(=O)C1C3C2.O=C(Oc1ccc([S+](c2ccccc2)c2ccccc2)cc1)C1C2CC3OC(=O)C1C3C2.O=C1C2CC3CC1CC(OC(=O)C(F)(F)SOO[O-])(C3)C2.O=C1C2CC3CC1CC(OC(=O)C(F)(F)SOO[O-])(C3)C2.[Cl-].[Na+]. The molecule has 0 N–H and O–H groups in total. The standard InChI is InChI=1S/2C27H23O4S.2C12H14F2O6S.CH4.ClH.Na/c2*28-26(24-17-15-22-23(16-17)31-27(29)25(22)24)30-18-11-13-21(14-12-18)32(19-7-3-1-4-8-19)20-9-5-2-6-10-20;2*13-12(14,21-20-19-17)10(16)18-11-3-6-1-7(4-11)9(15)8(2-6)5-11;;;/h2*1-14,17,22-25H,15-16H2;2*6-8,17H,1-5H2;1H4;1H;/q2*+1;;;;;+1/p-3. The Morgan fingerprint density at radius 3 is 1.02 bits per heavy atom. The van der Waals surface area contributed by atoms with Gasteiger partial charge in [-0.3, -0.25) is 38.8 Å². The summed E-state index contributed by atoms with van der Waals surface area (Å²) in [4.78, 5) is 105. The van der Waals surface area contributed by atoms with Gasteiger partial charge in [0, 0.05) is 35.5 Å². The minimum absolute atomic E-state index is 0. The van der Waals surface area contributed by atoms with E-state index in [0.29, 0.717) is 50.0 Å². The summed E-state index contributed by atoms with van der Waals surface area (Å²) >= 11 is -1.39. The number of carbonyl (C=O) groups is 8. The van der Waals surface area contributed by atoms with Crippen LogP contribution in [-0.4, -0.2) is 81.3 Å². The largest absolute Gasteiger partial charge is 1.00 e. The summed E-state index contributed by atoms with van der Waals surface area (Å²) in [6, 6.07) is 57.3. The fourth-order valence-corrected chi connectivity index (χ4v) is 24.3. The van der Waals surface area contributed by atoms with Crippen LogP contribution in [0, 0.1) is 82.9 Å². The van der Waals surface area contributed by atoms with Gasteiger partial charge in [-0.1, -0.05) is 80.2 Å². The van der Waals surface area contributed by atoms with Crippen LogP contribution in [0.2, 0.25) is 0 Å². The molecule has 12 aliphatic carbocycles. The molecular formula is C79H76ClF4NaO20S4. The minimum Gasteiger partial charge on any atom is -1.00 e. The molecule has 0 amide bonds. The molecule has 0 radical (unpaired) electrons. The van der Waals surface area contributed by atoms with Gasteiger partial charge in [0.25, 0.3) is 0 Å². The number of halogens is 5. The normalized spacial score (nSPS) is 30.8. The summed E-state index contributed by atoms with van der Waals surface area (Å²) in [5, 5.41) is 16.7. The Labute approximate surface area is 668 Å². The Morgan fingerprint density at radius 2 is 0.725 bits per heavy atom. The third kappa shape index (κ3) is 17.0. The van der Waals surface area contributed by atoms with Crippen molar-refractivity contribution >= 4 is 93.3 Å². The van der Waals surface area contributed by atoms with Crippen molar-refractivity contribution in [3.8, 4) is 11.5 Å². The van der Waals surface area contributed by atoms with E-state index in [1.54, 1.807) is 0 Å². The predicted molar refractivity (Wildman–Crippen MR) is 371 cm³/mol. The number of carbonyl (C=O) groups excluding carboxylic acids is 8. The smallest absolute Gasteiger partial charge is 1.00 e. The van der Waals surface area contributed by atoms with Crippen LogP contribution in [0.25, 0.3) is 0 Å². The van der Waals surface area contributed by atoms with Gasteiger partial charge in [0.05, 0.1) is 45.5 Å². The Balaban J connectivity index is 0.000000137. The molecule has 0 aromatic heterocycles. The molecule has 20 nitrogen and oxygen atoms in total. The number of esters is 6. The molecule has 109 heavy (non-hydrogen) atoms. The molecule has 0 spiro atoms. The van der Waals surface area contributed by atoms with Crippen LogP contribution in [0.3, 0.4) is 0 Å². The number of ether oxygens (including phenoxy) is 6. The maximum atomic E-state index is 13.4. The van der Waals surface area contributed by atoms with Gasteiger partial charge >= 0.3 is 75.9 Å². The zero-order valence-electron chi connectivity index (χ0n) is 58.0. The second kappa shape index (κ2) is 34.1. The van der Waals surface area contributed by atoms with Crippen molar-refractivity contribution in [3.05, 3.63) is 170 Å². The maximum absolute atomic E-state index is 13.4. The maximum Gasteiger partial charge on any atom is 1.00 e. The number of hydrogen-bond donors (Lipinski definition) is 0. The second-order valence-electron chi connectivity index (χ2n) is 29.6. The van der Waals surface area contributed by atoms with E-state index >= 15 is 0 Å². The second-order valence-corrected chi connectivity index (χ2v) is 35.3. The van der Waals surface area contributed by atoms with Crippen LogP contribution < -0.4 is 62.0 Å². The summed E-state index contributed by atoms with van der Waals surface area (Å²) in [6.07, 6.45) is 8.72. The van der Waals surface area contributed by atoms with E-state index in [0.717, 1.165) is 61.2 Å². The Bertz CT molecular complexity index is 3890. The van der Waals surface area contributed by atoms with E-state index in [1.165, 1.54) is 19.6 Å². The van der Waals surface area contributed by atoms with Crippen LogP contribution in [0.15, 0.2) is 199 Å². The van der Waals surface area contributed by atoms with E-state index in [4.69, 9.17) is 28.4 Å². The van der Waals surface area contributed by atoms with Crippen molar-refractivity contribution in [2.75, 3.05) is 0 Å². The van der Waals surface area contributed by atoms with Gasteiger partial charge in [0.15, 0.2) is 29.4 Å². The summed E-state index contributed by atoms with van der Waals surface area (Å²) in [7, 11) is -0.494. The van der Waals surface area contributed by atoms with Gasteiger partial charge in [-0.2, -0.15) is 26.2 Å². The Kier molecular flexibility index (Phi) is 25.7. The number of Topliss-reactive ketones (excluding diaryl/α,β-unsaturated/α-hetero) is 2. The van der Waals surface area contributed by atoms with Crippen molar-refractivity contribution in [1.82, 2.24) is 0 Å². The molecule has 30 heteroatoms. The van der Waals surface area contributed by atoms with Gasteiger partial charge in [-0.05, 0) is 211 Å².